The van der Waals surface area contributed by atoms with Crippen LogP contribution in [0.4, 0.5) is 18.9 Å². The van der Waals surface area contributed by atoms with Gasteiger partial charge in [-0.15, -0.1) is 0 Å². The Morgan fingerprint density at radius 2 is 1.87 bits per heavy atom. The van der Waals surface area contributed by atoms with Crippen molar-refractivity contribution in [2.75, 3.05) is 32.6 Å². The Balaban J connectivity index is 1.76. The molecule has 1 saturated heterocycles. The predicted octanol–water partition coefficient (Wildman–Crippen LogP) is 4.94. The van der Waals surface area contributed by atoms with Gasteiger partial charge in [0.1, 0.15) is 17.2 Å². The lowest BCUT2D eigenvalue weighted by molar-refractivity contribution is -0.0578. The summed E-state index contributed by atoms with van der Waals surface area (Å²) in [6.07, 6.45) is -1.23. The van der Waals surface area contributed by atoms with Crippen LogP contribution in [0.1, 0.15) is 36.1 Å². The molecule has 1 aliphatic rings. The minimum Gasteiger partial charge on any atom is -0.496 e. The van der Waals surface area contributed by atoms with Gasteiger partial charge in [-0.1, -0.05) is 18.2 Å². The highest BCUT2D eigenvalue weighted by Gasteiger charge is 2.41. The second-order valence-corrected chi connectivity index (χ2v) is 7.65. The van der Waals surface area contributed by atoms with E-state index in [1.807, 2.05) is 12.1 Å². The van der Waals surface area contributed by atoms with Gasteiger partial charge in [-0.05, 0) is 19.1 Å². The topological polar surface area (TPSA) is 55.4 Å². The third kappa shape index (κ3) is 3.70. The van der Waals surface area contributed by atoms with Crippen LogP contribution in [0.2, 0.25) is 0 Å². The molecule has 0 amide bonds. The summed E-state index contributed by atoms with van der Waals surface area (Å²) in [4.78, 5) is 4.43. The lowest BCUT2D eigenvalue weighted by atomic mass is 9.86. The Morgan fingerprint density at radius 3 is 2.48 bits per heavy atom. The largest absolute Gasteiger partial charge is 0.496 e. The highest BCUT2D eigenvalue weighted by molar-refractivity contribution is 5.93. The molecule has 1 atom stereocenters. The number of hydrogen-bond acceptors (Lipinski definition) is 5. The van der Waals surface area contributed by atoms with Crippen LogP contribution < -0.4 is 15.4 Å². The summed E-state index contributed by atoms with van der Waals surface area (Å²) in [7, 11) is 3.26. The quantitative estimate of drug-likeness (QED) is 0.555. The first-order chi connectivity index (χ1) is 14.9. The molecule has 5 nitrogen and oxygen atoms in total. The van der Waals surface area contributed by atoms with Crippen molar-refractivity contribution < 1.29 is 22.6 Å². The number of hydrogen-bond donors (Lipinski definition) is 2. The third-order valence-corrected chi connectivity index (χ3v) is 5.90. The number of alkyl halides is 2. The second-order valence-electron chi connectivity index (χ2n) is 7.65. The zero-order valence-electron chi connectivity index (χ0n) is 17.5. The fourth-order valence-electron chi connectivity index (χ4n) is 4.00. The highest BCUT2D eigenvalue weighted by Crippen LogP contribution is 2.40. The van der Waals surface area contributed by atoms with E-state index in [1.165, 1.54) is 12.1 Å². The number of nitrogens with zero attached hydrogens (tertiary/aromatic N) is 1. The van der Waals surface area contributed by atoms with Crippen molar-refractivity contribution >= 4 is 16.6 Å². The molecule has 2 N–H and O–H groups in total. The van der Waals surface area contributed by atoms with E-state index >= 15 is 0 Å². The van der Waals surface area contributed by atoms with Crippen LogP contribution >= 0.6 is 0 Å². The van der Waals surface area contributed by atoms with E-state index < -0.39 is 29.4 Å². The van der Waals surface area contributed by atoms with E-state index in [1.54, 1.807) is 33.4 Å². The van der Waals surface area contributed by atoms with E-state index in [4.69, 9.17) is 9.47 Å². The minimum absolute atomic E-state index is 0.174. The minimum atomic E-state index is -2.87. The Kier molecular flexibility index (Phi) is 5.77. The average Bonchev–Trinajstić information content (AvgIpc) is 2.73. The van der Waals surface area contributed by atoms with Crippen LogP contribution in [0.5, 0.6) is 5.75 Å². The van der Waals surface area contributed by atoms with E-state index in [9.17, 15) is 13.2 Å². The molecular formula is C23H24F3N3O2. The number of anilines is 1. The number of rotatable bonds is 7. The van der Waals surface area contributed by atoms with Gasteiger partial charge in [0.15, 0.2) is 0 Å². The lowest BCUT2D eigenvalue weighted by Crippen LogP contribution is -2.58. The SMILES string of the molecule is COc1cc2nccc(NC(C)c3cccc(C(F)F)c3F)c2cc1C1(OC)CNC1. The first kappa shape index (κ1) is 21.4. The van der Waals surface area contributed by atoms with E-state index in [-0.39, 0.29) is 5.56 Å². The van der Waals surface area contributed by atoms with Gasteiger partial charge in [-0.25, -0.2) is 13.2 Å². The summed E-state index contributed by atoms with van der Waals surface area (Å²) in [6.45, 7) is 3.03. The van der Waals surface area contributed by atoms with E-state index in [0.29, 0.717) is 30.0 Å². The maximum absolute atomic E-state index is 14.6. The van der Waals surface area contributed by atoms with Crippen molar-refractivity contribution in [2.45, 2.75) is 25.0 Å². The molecule has 2 heterocycles. The van der Waals surface area contributed by atoms with Gasteiger partial charge in [0, 0.05) is 54.7 Å². The summed E-state index contributed by atoms with van der Waals surface area (Å²) in [5.74, 6) is -0.221. The monoisotopic (exact) mass is 431 g/mol. The van der Waals surface area contributed by atoms with Crippen LogP contribution in [0.25, 0.3) is 10.9 Å². The van der Waals surface area contributed by atoms with Crippen molar-refractivity contribution in [3.63, 3.8) is 0 Å². The first-order valence-electron chi connectivity index (χ1n) is 9.96. The predicted molar refractivity (Wildman–Crippen MR) is 113 cm³/mol. The molecular weight excluding hydrogens is 407 g/mol. The molecule has 164 valence electrons. The summed E-state index contributed by atoms with van der Waals surface area (Å²) >= 11 is 0. The van der Waals surface area contributed by atoms with Gasteiger partial charge in [0.2, 0.25) is 0 Å². The second kappa shape index (κ2) is 8.36. The molecule has 2 aromatic carbocycles. The van der Waals surface area contributed by atoms with Crippen molar-refractivity contribution in [1.82, 2.24) is 10.3 Å². The maximum atomic E-state index is 14.6. The molecule has 1 aromatic heterocycles. The van der Waals surface area contributed by atoms with Gasteiger partial charge in [-0.2, -0.15) is 0 Å². The summed E-state index contributed by atoms with van der Waals surface area (Å²) in [5, 5.41) is 7.29. The Bertz CT molecular complexity index is 1100. The number of halogens is 3. The van der Waals surface area contributed by atoms with Crippen molar-refractivity contribution in [2.24, 2.45) is 0 Å². The molecule has 0 spiro atoms. The van der Waals surface area contributed by atoms with Crippen LogP contribution in [0.3, 0.4) is 0 Å². The zero-order chi connectivity index (χ0) is 22.2. The standard InChI is InChI=1S/C23H24F3N3O2/c1-13(14-5-4-6-15(21(14)24)22(25)26)29-18-7-8-28-19-10-20(30-2)17(9-16(18)19)23(31-3)11-27-12-23/h4-10,13,22,27H,11-12H2,1-3H3,(H,28,29). The molecule has 8 heteroatoms. The van der Waals surface area contributed by atoms with Gasteiger partial charge in [0.25, 0.3) is 6.43 Å². The summed E-state index contributed by atoms with van der Waals surface area (Å²) < 4.78 is 52.2. The van der Waals surface area contributed by atoms with E-state index in [0.717, 1.165) is 17.0 Å². The Morgan fingerprint density at radius 1 is 1.13 bits per heavy atom. The molecule has 4 rings (SSSR count). The number of benzene rings is 2. The summed E-state index contributed by atoms with van der Waals surface area (Å²) in [5.41, 5.74) is 1.36. The third-order valence-electron chi connectivity index (χ3n) is 5.90. The molecule has 31 heavy (non-hydrogen) atoms. The van der Waals surface area contributed by atoms with Gasteiger partial charge in [-0.3, -0.25) is 4.98 Å². The molecule has 1 aliphatic heterocycles. The molecule has 0 bridgehead atoms. The molecule has 1 unspecified atom stereocenters. The summed E-state index contributed by atoms with van der Waals surface area (Å²) in [6, 6.07) is 9.10. The zero-order valence-corrected chi connectivity index (χ0v) is 17.5. The smallest absolute Gasteiger partial charge is 0.266 e. The van der Waals surface area contributed by atoms with Crippen LogP contribution in [0.15, 0.2) is 42.6 Å². The Labute approximate surface area is 178 Å². The molecule has 1 fully saturated rings. The average molecular weight is 431 g/mol. The number of aromatic nitrogens is 1. The fourth-order valence-corrected chi connectivity index (χ4v) is 4.00. The van der Waals surface area contributed by atoms with E-state index in [2.05, 4.69) is 15.6 Å². The van der Waals surface area contributed by atoms with Crippen molar-refractivity contribution in [3.8, 4) is 5.75 Å². The number of methoxy groups -OCH3 is 2. The number of ether oxygens (including phenoxy) is 2. The first-order valence-corrected chi connectivity index (χ1v) is 9.96. The molecule has 0 saturated carbocycles. The highest BCUT2D eigenvalue weighted by atomic mass is 19.3. The van der Waals surface area contributed by atoms with Gasteiger partial charge in [0.05, 0.1) is 24.2 Å². The number of pyridine rings is 1. The van der Waals surface area contributed by atoms with Crippen LogP contribution in [-0.4, -0.2) is 32.3 Å². The molecule has 3 aromatic rings. The van der Waals surface area contributed by atoms with Gasteiger partial charge >= 0.3 is 0 Å². The van der Waals surface area contributed by atoms with Crippen molar-refractivity contribution in [3.05, 3.63) is 65.1 Å². The molecule has 0 radical (unpaired) electrons. The lowest BCUT2D eigenvalue weighted by Gasteiger charge is -2.42. The maximum Gasteiger partial charge on any atom is 0.266 e. The number of fused-ring (bicyclic) bond motifs is 1. The molecule has 0 aliphatic carbocycles. The van der Waals surface area contributed by atoms with Crippen LogP contribution in [-0.2, 0) is 10.3 Å². The van der Waals surface area contributed by atoms with Gasteiger partial charge < -0.3 is 20.1 Å². The normalized spacial score (nSPS) is 16.2. The Hall–Kier alpha value is -2.84. The van der Waals surface area contributed by atoms with Crippen LogP contribution in [0, 0.1) is 5.82 Å². The number of nitrogens with one attached hydrogen (secondary N) is 2. The fraction of sp³-hybridized carbons (Fsp3) is 0.348. The van der Waals surface area contributed by atoms with Crippen molar-refractivity contribution in [1.29, 1.82) is 0 Å².